The Balaban J connectivity index is 1.48. The zero-order chi connectivity index (χ0) is 24.8. The average molecular weight is 476 g/mol. The molecule has 0 saturated heterocycles. The van der Waals surface area contributed by atoms with Gasteiger partial charge in [0, 0.05) is 43.1 Å². The van der Waals surface area contributed by atoms with Crippen LogP contribution in [-0.4, -0.2) is 34.6 Å². The first kappa shape index (κ1) is 23.4. The van der Waals surface area contributed by atoms with Gasteiger partial charge in [-0.15, -0.1) is 0 Å². The van der Waals surface area contributed by atoms with E-state index in [-0.39, 0.29) is 36.1 Å². The maximum atomic E-state index is 14.3. The van der Waals surface area contributed by atoms with Gasteiger partial charge in [-0.1, -0.05) is 0 Å². The molecule has 0 atom stereocenters. The monoisotopic (exact) mass is 476 g/mol. The molecule has 3 aromatic heterocycles. The average Bonchev–Trinajstić information content (AvgIpc) is 3.51. The Labute approximate surface area is 199 Å². The number of aromatic amines is 1. The number of ether oxygens (including phenoxy) is 1. The Hall–Kier alpha value is -4.73. The van der Waals surface area contributed by atoms with Crippen LogP contribution in [0.25, 0.3) is 11.4 Å². The predicted molar refractivity (Wildman–Crippen MR) is 125 cm³/mol. The number of benzene rings is 1. The van der Waals surface area contributed by atoms with Crippen LogP contribution in [0.5, 0.6) is 11.5 Å². The van der Waals surface area contributed by atoms with Gasteiger partial charge in [-0.3, -0.25) is 14.6 Å². The lowest BCUT2D eigenvalue weighted by Gasteiger charge is -2.10. The van der Waals surface area contributed by atoms with E-state index in [0.29, 0.717) is 28.3 Å². The SMILES string of the molecule is Cc1ccoc1C(=O)Nc1cc(Oc2ccnc(-c3cc(C(=O)NCCC=O)c[nH]3)c2)ccc1F. The molecule has 35 heavy (non-hydrogen) atoms. The van der Waals surface area contributed by atoms with E-state index in [1.165, 1.54) is 36.9 Å². The van der Waals surface area contributed by atoms with E-state index in [4.69, 9.17) is 9.15 Å². The van der Waals surface area contributed by atoms with Crippen molar-refractivity contribution in [1.29, 1.82) is 0 Å². The smallest absolute Gasteiger partial charge is 0.291 e. The quantitative estimate of drug-likeness (QED) is 0.242. The zero-order valence-corrected chi connectivity index (χ0v) is 18.6. The maximum Gasteiger partial charge on any atom is 0.291 e. The minimum Gasteiger partial charge on any atom is -0.459 e. The first-order valence-electron chi connectivity index (χ1n) is 10.6. The first-order valence-corrected chi connectivity index (χ1v) is 10.6. The van der Waals surface area contributed by atoms with Gasteiger partial charge in [-0.25, -0.2) is 4.39 Å². The molecule has 0 aliphatic carbocycles. The Morgan fingerprint density at radius 3 is 2.74 bits per heavy atom. The number of nitrogens with zero attached hydrogens (tertiary/aromatic N) is 1. The molecule has 178 valence electrons. The van der Waals surface area contributed by atoms with E-state index in [1.54, 1.807) is 31.2 Å². The van der Waals surface area contributed by atoms with Crippen molar-refractivity contribution in [2.24, 2.45) is 0 Å². The van der Waals surface area contributed by atoms with Gasteiger partial charge in [0.2, 0.25) is 0 Å². The second kappa shape index (κ2) is 10.5. The summed E-state index contributed by atoms with van der Waals surface area (Å²) >= 11 is 0. The molecule has 4 aromatic rings. The second-order valence-corrected chi connectivity index (χ2v) is 7.52. The van der Waals surface area contributed by atoms with Crippen molar-refractivity contribution in [1.82, 2.24) is 15.3 Å². The number of aldehydes is 1. The fourth-order valence-electron chi connectivity index (χ4n) is 3.23. The summed E-state index contributed by atoms with van der Waals surface area (Å²) in [6.45, 7) is 1.97. The van der Waals surface area contributed by atoms with Crippen molar-refractivity contribution < 1.29 is 27.9 Å². The van der Waals surface area contributed by atoms with Crippen LogP contribution < -0.4 is 15.4 Å². The molecule has 1 aromatic carbocycles. The van der Waals surface area contributed by atoms with Gasteiger partial charge in [0.25, 0.3) is 11.8 Å². The molecule has 0 saturated carbocycles. The lowest BCUT2D eigenvalue weighted by Crippen LogP contribution is -2.24. The number of rotatable bonds is 9. The number of amides is 2. The number of aryl methyl sites for hydroxylation is 1. The number of H-pyrrole nitrogens is 1. The van der Waals surface area contributed by atoms with Crippen molar-refractivity contribution in [3.8, 4) is 22.9 Å². The van der Waals surface area contributed by atoms with Crippen LogP contribution in [-0.2, 0) is 4.79 Å². The molecule has 0 aliphatic heterocycles. The number of hydrogen-bond acceptors (Lipinski definition) is 6. The molecule has 0 fully saturated rings. The molecule has 9 nitrogen and oxygen atoms in total. The van der Waals surface area contributed by atoms with E-state index in [9.17, 15) is 18.8 Å². The molecule has 0 spiro atoms. The number of aromatic nitrogens is 2. The van der Waals surface area contributed by atoms with E-state index in [0.717, 1.165) is 6.29 Å². The summed E-state index contributed by atoms with van der Waals surface area (Å²) in [5, 5.41) is 5.13. The Morgan fingerprint density at radius 2 is 1.97 bits per heavy atom. The topological polar surface area (TPSA) is 126 Å². The number of carbonyl (C=O) groups is 3. The third-order valence-corrected chi connectivity index (χ3v) is 4.99. The third-order valence-electron chi connectivity index (χ3n) is 4.99. The minimum atomic E-state index is -0.629. The van der Waals surface area contributed by atoms with Crippen LogP contribution in [0.2, 0.25) is 0 Å². The summed E-state index contributed by atoms with van der Waals surface area (Å²) in [4.78, 5) is 42.2. The highest BCUT2D eigenvalue weighted by Crippen LogP contribution is 2.29. The molecular weight excluding hydrogens is 455 g/mol. The van der Waals surface area contributed by atoms with Crippen molar-refractivity contribution in [2.75, 3.05) is 11.9 Å². The number of furan rings is 1. The molecule has 0 bridgehead atoms. The Morgan fingerprint density at radius 1 is 1.14 bits per heavy atom. The molecule has 3 N–H and O–H groups in total. The molecule has 2 amide bonds. The van der Waals surface area contributed by atoms with Gasteiger partial charge >= 0.3 is 0 Å². The van der Waals surface area contributed by atoms with Crippen LogP contribution in [0.3, 0.4) is 0 Å². The highest BCUT2D eigenvalue weighted by molar-refractivity contribution is 6.03. The van der Waals surface area contributed by atoms with Crippen molar-refractivity contribution in [3.63, 3.8) is 0 Å². The fraction of sp³-hybridized carbons (Fsp3) is 0.120. The summed E-state index contributed by atoms with van der Waals surface area (Å²) in [6, 6.07) is 10.5. The number of halogens is 1. The van der Waals surface area contributed by atoms with Crippen LogP contribution in [0.1, 0.15) is 32.9 Å². The zero-order valence-electron chi connectivity index (χ0n) is 18.6. The highest BCUT2D eigenvalue weighted by Gasteiger charge is 2.16. The lowest BCUT2D eigenvalue weighted by molar-refractivity contribution is -0.107. The van der Waals surface area contributed by atoms with E-state index >= 15 is 0 Å². The van der Waals surface area contributed by atoms with Gasteiger partial charge in [-0.05, 0) is 37.3 Å². The number of nitrogens with one attached hydrogen (secondary N) is 3. The van der Waals surface area contributed by atoms with Crippen LogP contribution >= 0.6 is 0 Å². The Kier molecular flexibility index (Phi) is 7.01. The number of carbonyl (C=O) groups excluding carboxylic acids is 3. The molecule has 0 radical (unpaired) electrons. The molecule has 4 rings (SSSR count). The van der Waals surface area contributed by atoms with E-state index < -0.39 is 11.7 Å². The molecular formula is C25H21FN4O5. The predicted octanol–water partition coefficient (Wildman–Crippen LogP) is 4.48. The highest BCUT2D eigenvalue weighted by atomic mass is 19.1. The van der Waals surface area contributed by atoms with Gasteiger partial charge in [0.05, 0.1) is 28.9 Å². The van der Waals surface area contributed by atoms with Gasteiger partial charge < -0.3 is 29.6 Å². The van der Waals surface area contributed by atoms with E-state index in [1.807, 2.05) is 0 Å². The summed E-state index contributed by atoms with van der Waals surface area (Å²) < 4.78 is 25.3. The van der Waals surface area contributed by atoms with Crippen LogP contribution in [0.4, 0.5) is 10.1 Å². The van der Waals surface area contributed by atoms with Crippen molar-refractivity contribution >= 4 is 23.8 Å². The molecule has 0 unspecified atom stereocenters. The molecule has 0 aliphatic rings. The first-order chi connectivity index (χ1) is 16.9. The molecule has 3 heterocycles. The van der Waals surface area contributed by atoms with Gasteiger partial charge in [0.1, 0.15) is 23.6 Å². The van der Waals surface area contributed by atoms with Crippen molar-refractivity contribution in [3.05, 3.63) is 83.8 Å². The van der Waals surface area contributed by atoms with Crippen LogP contribution in [0.15, 0.2) is 65.5 Å². The second-order valence-electron chi connectivity index (χ2n) is 7.52. The van der Waals surface area contributed by atoms with Gasteiger partial charge in [-0.2, -0.15) is 0 Å². The van der Waals surface area contributed by atoms with E-state index in [2.05, 4.69) is 20.6 Å². The third kappa shape index (κ3) is 5.61. The van der Waals surface area contributed by atoms with Crippen LogP contribution in [0, 0.1) is 12.7 Å². The summed E-state index contributed by atoms with van der Waals surface area (Å²) in [7, 11) is 0. The summed E-state index contributed by atoms with van der Waals surface area (Å²) in [6.07, 6.45) is 5.42. The standard InChI is InChI=1S/C25H21FN4O5/c1-15-6-10-34-23(15)25(33)30-20-12-17(3-4-19(20)26)35-18-5-8-27-22(13-18)21-11-16(14-29-21)24(32)28-7-2-9-31/h3-6,8-14,29H,2,7H2,1H3,(H,28,32)(H,30,33). The number of anilines is 1. The maximum absolute atomic E-state index is 14.3. The normalized spacial score (nSPS) is 10.6. The number of pyridine rings is 1. The summed E-state index contributed by atoms with van der Waals surface area (Å²) in [5.74, 6) is -0.725. The van der Waals surface area contributed by atoms with Crippen molar-refractivity contribution in [2.45, 2.75) is 13.3 Å². The number of hydrogen-bond donors (Lipinski definition) is 3. The lowest BCUT2D eigenvalue weighted by atomic mass is 10.2. The Bertz CT molecular complexity index is 1380. The molecule has 10 heteroatoms. The summed E-state index contributed by atoms with van der Waals surface area (Å²) in [5.41, 5.74) is 2.05. The minimum absolute atomic E-state index is 0.0628. The fourth-order valence-corrected chi connectivity index (χ4v) is 3.23. The van der Waals surface area contributed by atoms with Gasteiger partial charge in [0.15, 0.2) is 5.76 Å². The largest absolute Gasteiger partial charge is 0.459 e.